The lowest BCUT2D eigenvalue weighted by Crippen LogP contribution is -2.31. The van der Waals surface area contributed by atoms with E-state index in [4.69, 9.17) is 10.5 Å². The molecule has 0 fully saturated rings. The molecule has 82 valence electrons. The maximum absolute atomic E-state index is 12.9. The molecule has 15 heavy (non-hydrogen) atoms. The molecule has 2 rings (SSSR count). The molecule has 0 saturated heterocycles. The van der Waals surface area contributed by atoms with E-state index >= 15 is 0 Å². The van der Waals surface area contributed by atoms with Gasteiger partial charge in [0.25, 0.3) is 0 Å². The van der Waals surface area contributed by atoms with Crippen molar-refractivity contribution < 1.29 is 14.2 Å². The standard InChI is InChI=1S/C11H14FNO2/c12-7-1-2-9-8(10(14)6-13)3-4-15-11(9)5-7/h1-2,5,8,10,14H,3-4,6,13H2. The molecule has 2 atom stereocenters. The summed E-state index contributed by atoms with van der Waals surface area (Å²) in [6, 6.07) is 4.39. The van der Waals surface area contributed by atoms with Crippen molar-refractivity contribution in [3.05, 3.63) is 29.6 Å². The zero-order chi connectivity index (χ0) is 10.8. The van der Waals surface area contributed by atoms with Crippen LogP contribution in [0.15, 0.2) is 18.2 Å². The first-order chi connectivity index (χ1) is 7.22. The van der Waals surface area contributed by atoms with Crippen LogP contribution in [0.3, 0.4) is 0 Å². The molecule has 1 aliphatic rings. The van der Waals surface area contributed by atoms with Gasteiger partial charge in [0, 0.05) is 24.1 Å². The predicted octanol–water partition coefficient (Wildman–Crippen LogP) is 1.01. The Balaban J connectivity index is 2.34. The number of ether oxygens (including phenoxy) is 1. The fraction of sp³-hybridized carbons (Fsp3) is 0.455. The van der Waals surface area contributed by atoms with Gasteiger partial charge in [0.2, 0.25) is 0 Å². The molecule has 2 unspecified atom stereocenters. The summed E-state index contributed by atoms with van der Waals surface area (Å²) in [5.41, 5.74) is 6.27. The molecule has 4 heteroatoms. The Morgan fingerprint density at radius 3 is 3.13 bits per heavy atom. The Morgan fingerprint density at radius 1 is 1.60 bits per heavy atom. The normalized spacial score (nSPS) is 21.7. The highest BCUT2D eigenvalue weighted by atomic mass is 19.1. The molecule has 3 nitrogen and oxygen atoms in total. The molecule has 1 aliphatic heterocycles. The van der Waals surface area contributed by atoms with Crippen LogP contribution in [0.2, 0.25) is 0 Å². The van der Waals surface area contributed by atoms with Gasteiger partial charge in [0.05, 0.1) is 12.7 Å². The first kappa shape index (κ1) is 10.4. The van der Waals surface area contributed by atoms with E-state index in [-0.39, 0.29) is 18.3 Å². The van der Waals surface area contributed by atoms with Crippen LogP contribution in [0.25, 0.3) is 0 Å². The topological polar surface area (TPSA) is 55.5 Å². The minimum atomic E-state index is -0.585. The van der Waals surface area contributed by atoms with Crippen molar-refractivity contribution in [3.63, 3.8) is 0 Å². The number of nitrogens with two attached hydrogens (primary N) is 1. The second-order valence-electron chi connectivity index (χ2n) is 3.73. The molecule has 3 N–H and O–H groups in total. The molecule has 0 saturated carbocycles. The van der Waals surface area contributed by atoms with Gasteiger partial charge < -0.3 is 15.6 Å². The third-order valence-electron chi connectivity index (χ3n) is 2.77. The summed E-state index contributed by atoms with van der Waals surface area (Å²) in [5, 5.41) is 9.72. The molecule has 1 heterocycles. The average molecular weight is 211 g/mol. The lowest BCUT2D eigenvalue weighted by molar-refractivity contribution is 0.123. The highest BCUT2D eigenvalue weighted by molar-refractivity contribution is 5.39. The third kappa shape index (κ3) is 1.96. The third-order valence-corrected chi connectivity index (χ3v) is 2.77. The lowest BCUT2D eigenvalue weighted by atomic mass is 9.88. The zero-order valence-corrected chi connectivity index (χ0v) is 8.32. The van der Waals surface area contributed by atoms with Crippen LogP contribution in [0.4, 0.5) is 4.39 Å². The van der Waals surface area contributed by atoms with Crippen molar-refractivity contribution in [3.8, 4) is 5.75 Å². The van der Waals surface area contributed by atoms with Crippen LogP contribution >= 0.6 is 0 Å². The van der Waals surface area contributed by atoms with Gasteiger partial charge in [0.1, 0.15) is 11.6 Å². The first-order valence-corrected chi connectivity index (χ1v) is 5.02. The minimum absolute atomic E-state index is 0.0423. The van der Waals surface area contributed by atoms with E-state index in [1.807, 2.05) is 0 Å². The van der Waals surface area contributed by atoms with E-state index < -0.39 is 6.10 Å². The fourth-order valence-corrected chi connectivity index (χ4v) is 1.95. The quantitative estimate of drug-likeness (QED) is 0.767. The summed E-state index contributed by atoms with van der Waals surface area (Å²) in [7, 11) is 0. The van der Waals surface area contributed by atoms with Crippen LogP contribution in [-0.4, -0.2) is 24.4 Å². The minimum Gasteiger partial charge on any atom is -0.493 e. The summed E-state index contributed by atoms with van der Waals surface area (Å²) in [6.45, 7) is 0.708. The molecule has 0 radical (unpaired) electrons. The monoisotopic (exact) mass is 211 g/mol. The summed E-state index contributed by atoms with van der Waals surface area (Å²) in [6.07, 6.45) is 0.134. The Morgan fingerprint density at radius 2 is 2.40 bits per heavy atom. The predicted molar refractivity (Wildman–Crippen MR) is 54.3 cm³/mol. The highest BCUT2D eigenvalue weighted by Crippen LogP contribution is 2.35. The number of halogens is 1. The fourth-order valence-electron chi connectivity index (χ4n) is 1.95. The van der Waals surface area contributed by atoms with E-state index in [1.54, 1.807) is 6.07 Å². The number of fused-ring (bicyclic) bond motifs is 1. The van der Waals surface area contributed by atoms with Crippen molar-refractivity contribution in [1.29, 1.82) is 0 Å². The second-order valence-corrected chi connectivity index (χ2v) is 3.73. The SMILES string of the molecule is NCC(O)C1CCOc2cc(F)ccc21. The Bertz CT molecular complexity index is 356. The molecular weight excluding hydrogens is 197 g/mol. The van der Waals surface area contributed by atoms with E-state index in [1.165, 1.54) is 12.1 Å². The Hall–Kier alpha value is -1.13. The van der Waals surface area contributed by atoms with Crippen LogP contribution in [-0.2, 0) is 0 Å². The van der Waals surface area contributed by atoms with Crippen molar-refractivity contribution in [2.75, 3.05) is 13.2 Å². The zero-order valence-electron chi connectivity index (χ0n) is 8.32. The van der Waals surface area contributed by atoms with Gasteiger partial charge in [-0.2, -0.15) is 0 Å². The molecular formula is C11H14FNO2. The van der Waals surface area contributed by atoms with Gasteiger partial charge in [-0.15, -0.1) is 0 Å². The van der Waals surface area contributed by atoms with Gasteiger partial charge in [-0.05, 0) is 12.5 Å². The molecule has 0 amide bonds. The van der Waals surface area contributed by atoms with Gasteiger partial charge in [-0.25, -0.2) is 4.39 Å². The van der Waals surface area contributed by atoms with Crippen LogP contribution in [0, 0.1) is 5.82 Å². The van der Waals surface area contributed by atoms with Crippen LogP contribution < -0.4 is 10.5 Å². The Kier molecular flexibility index (Phi) is 2.88. The van der Waals surface area contributed by atoms with Gasteiger partial charge in [0.15, 0.2) is 0 Å². The molecule has 0 bridgehead atoms. The van der Waals surface area contributed by atoms with Crippen molar-refractivity contribution >= 4 is 0 Å². The maximum atomic E-state index is 12.9. The van der Waals surface area contributed by atoms with E-state index in [2.05, 4.69) is 0 Å². The molecule has 0 aromatic heterocycles. The van der Waals surface area contributed by atoms with Crippen molar-refractivity contribution in [1.82, 2.24) is 0 Å². The second kappa shape index (κ2) is 4.16. The van der Waals surface area contributed by atoms with Crippen molar-refractivity contribution in [2.45, 2.75) is 18.4 Å². The summed E-state index contributed by atoms with van der Waals surface area (Å²) in [5.74, 6) is 0.162. The molecule has 0 aliphatic carbocycles. The van der Waals surface area contributed by atoms with E-state index in [0.29, 0.717) is 12.4 Å². The van der Waals surface area contributed by atoms with Gasteiger partial charge in [-0.1, -0.05) is 6.07 Å². The molecule has 1 aromatic rings. The van der Waals surface area contributed by atoms with Crippen LogP contribution in [0.5, 0.6) is 5.75 Å². The smallest absolute Gasteiger partial charge is 0.126 e. The number of hydrogen-bond acceptors (Lipinski definition) is 3. The summed E-state index contributed by atoms with van der Waals surface area (Å²) >= 11 is 0. The summed E-state index contributed by atoms with van der Waals surface area (Å²) < 4.78 is 18.3. The first-order valence-electron chi connectivity index (χ1n) is 5.02. The number of hydrogen-bond donors (Lipinski definition) is 2. The van der Waals surface area contributed by atoms with Gasteiger partial charge in [-0.3, -0.25) is 0 Å². The number of aliphatic hydroxyl groups is 1. The van der Waals surface area contributed by atoms with Crippen LogP contribution in [0.1, 0.15) is 17.9 Å². The Labute approximate surface area is 87.7 Å². The van der Waals surface area contributed by atoms with E-state index in [9.17, 15) is 9.50 Å². The lowest BCUT2D eigenvalue weighted by Gasteiger charge is -2.28. The summed E-state index contributed by atoms with van der Waals surface area (Å²) in [4.78, 5) is 0. The number of aliphatic hydroxyl groups excluding tert-OH is 1. The largest absolute Gasteiger partial charge is 0.493 e. The molecule has 0 spiro atoms. The number of benzene rings is 1. The highest BCUT2D eigenvalue weighted by Gasteiger charge is 2.27. The van der Waals surface area contributed by atoms with Gasteiger partial charge >= 0.3 is 0 Å². The number of rotatable bonds is 2. The maximum Gasteiger partial charge on any atom is 0.126 e. The van der Waals surface area contributed by atoms with E-state index in [0.717, 1.165) is 12.0 Å². The molecule has 1 aromatic carbocycles. The average Bonchev–Trinajstić information content (AvgIpc) is 2.26. The van der Waals surface area contributed by atoms with Crippen molar-refractivity contribution in [2.24, 2.45) is 5.73 Å².